The first-order valence-electron chi connectivity index (χ1n) is 5.18. The average Bonchev–Trinajstić information content (AvgIpc) is 2.79. The second kappa shape index (κ2) is 4.12. The van der Waals surface area contributed by atoms with Crippen LogP contribution in [-0.4, -0.2) is 31.2 Å². The molecule has 2 aromatic heterocycles. The molecule has 0 radical (unpaired) electrons. The van der Waals surface area contributed by atoms with Gasteiger partial charge in [0.05, 0.1) is 5.52 Å². The van der Waals surface area contributed by atoms with Crippen LogP contribution < -0.4 is 15.0 Å². The van der Waals surface area contributed by atoms with Gasteiger partial charge in [-0.25, -0.2) is 4.98 Å². The van der Waals surface area contributed by atoms with Crippen LogP contribution in [0.3, 0.4) is 0 Å². The van der Waals surface area contributed by atoms with Gasteiger partial charge < -0.3 is 10.2 Å². The highest BCUT2D eigenvalue weighted by atomic mass is 32.1. The largest absolute Gasteiger partial charge is 0.345 e. The van der Waals surface area contributed by atoms with E-state index in [9.17, 15) is 4.79 Å². The molecule has 84 valence electrons. The van der Waals surface area contributed by atoms with Crippen LogP contribution >= 0.6 is 22.7 Å². The second-order valence-corrected chi connectivity index (χ2v) is 5.51. The lowest BCUT2D eigenvalue weighted by Gasteiger charge is -2.27. The molecular weight excluding hydrogens is 242 g/mol. The molecule has 1 N–H and O–H groups in total. The summed E-state index contributed by atoms with van der Waals surface area (Å²) in [6, 6.07) is 1.92. The smallest absolute Gasteiger partial charge is 0.255 e. The van der Waals surface area contributed by atoms with E-state index in [4.69, 9.17) is 0 Å². The Balaban J connectivity index is 2.06. The van der Waals surface area contributed by atoms with Crippen molar-refractivity contribution in [2.45, 2.75) is 0 Å². The minimum absolute atomic E-state index is 0.133. The number of piperazine rings is 1. The maximum absolute atomic E-state index is 11.8. The third-order valence-corrected chi connectivity index (χ3v) is 4.57. The summed E-state index contributed by atoms with van der Waals surface area (Å²) in [5.41, 5.74) is 0.835. The van der Waals surface area contributed by atoms with Crippen LogP contribution in [0.1, 0.15) is 0 Å². The predicted octanol–water partition coefficient (Wildman–Crippen LogP) is 1.13. The minimum atomic E-state index is 0.133. The molecule has 0 bridgehead atoms. The molecule has 1 saturated heterocycles. The number of nitrogens with one attached hydrogen (secondary N) is 1. The van der Waals surface area contributed by atoms with Crippen LogP contribution in [-0.2, 0) is 0 Å². The van der Waals surface area contributed by atoms with Gasteiger partial charge >= 0.3 is 0 Å². The molecule has 0 saturated carbocycles. The Morgan fingerprint density at radius 1 is 1.38 bits per heavy atom. The van der Waals surface area contributed by atoms with Crippen molar-refractivity contribution in [1.29, 1.82) is 0 Å². The van der Waals surface area contributed by atoms with Gasteiger partial charge in [0.1, 0.15) is 4.70 Å². The predicted molar refractivity (Wildman–Crippen MR) is 68.8 cm³/mol. The van der Waals surface area contributed by atoms with Gasteiger partial charge in [0.15, 0.2) is 5.13 Å². The molecule has 1 aliphatic rings. The fraction of sp³-hybridized carbons (Fsp3) is 0.400. The molecule has 0 aromatic carbocycles. The van der Waals surface area contributed by atoms with Gasteiger partial charge in [-0.1, -0.05) is 11.3 Å². The van der Waals surface area contributed by atoms with Crippen molar-refractivity contribution in [3.63, 3.8) is 0 Å². The van der Waals surface area contributed by atoms with Crippen molar-refractivity contribution in [1.82, 2.24) is 10.3 Å². The number of rotatable bonds is 1. The van der Waals surface area contributed by atoms with Crippen molar-refractivity contribution >= 4 is 38.0 Å². The van der Waals surface area contributed by atoms with Gasteiger partial charge in [-0.05, 0) is 11.4 Å². The summed E-state index contributed by atoms with van der Waals surface area (Å²) < 4.78 is 0.914. The molecule has 0 atom stereocenters. The van der Waals surface area contributed by atoms with Gasteiger partial charge in [0.2, 0.25) is 0 Å². The summed E-state index contributed by atoms with van der Waals surface area (Å²) in [6.45, 7) is 3.78. The topological polar surface area (TPSA) is 45.2 Å². The van der Waals surface area contributed by atoms with Crippen LogP contribution in [0, 0.1) is 0 Å². The Morgan fingerprint density at radius 2 is 2.19 bits per heavy atom. The standard InChI is InChI=1S/C10H11N3OS2/c14-9-8-7(1-6-15-8)12-10(16-9)13-4-2-11-3-5-13/h1,6,11H,2-5H2. The first kappa shape index (κ1) is 10.2. The zero-order valence-corrected chi connectivity index (χ0v) is 10.2. The molecule has 1 fully saturated rings. The summed E-state index contributed by atoms with van der Waals surface area (Å²) in [5, 5.41) is 6.07. The third kappa shape index (κ3) is 1.73. The number of aromatic nitrogens is 1. The summed E-state index contributed by atoms with van der Waals surface area (Å²) in [7, 11) is 0. The highest BCUT2D eigenvalue weighted by Gasteiger charge is 2.14. The Bertz CT molecular complexity index is 556. The Labute approximate surface area is 101 Å². The molecule has 4 nitrogen and oxygen atoms in total. The van der Waals surface area contributed by atoms with Gasteiger partial charge in [-0.2, -0.15) is 0 Å². The van der Waals surface area contributed by atoms with Gasteiger partial charge in [-0.3, -0.25) is 4.79 Å². The number of hydrogen-bond donors (Lipinski definition) is 1. The fourth-order valence-electron chi connectivity index (χ4n) is 1.79. The van der Waals surface area contributed by atoms with E-state index in [2.05, 4.69) is 15.2 Å². The maximum atomic E-state index is 11.8. The summed E-state index contributed by atoms with van der Waals surface area (Å²) >= 11 is 2.73. The molecule has 0 aliphatic carbocycles. The van der Waals surface area contributed by atoms with E-state index in [0.29, 0.717) is 0 Å². The lowest BCUT2D eigenvalue weighted by atomic mass is 10.4. The van der Waals surface area contributed by atoms with Crippen molar-refractivity contribution in [2.24, 2.45) is 0 Å². The normalized spacial score (nSPS) is 16.9. The van der Waals surface area contributed by atoms with Crippen molar-refractivity contribution in [3.8, 4) is 0 Å². The van der Waals surface area contributed by atoms with Crippen LogP contribution in [0.25, 0.3) is 10.2 Å². The van der Waals surface area contributed by atoms with Crippen LogP contribution in [0.4, 0.5) is 5.13 Å². The molecule has 3 heterocycles. The van der Waals surface area contributed by atoms with Crippen molar-refractivity contribution in [2.75, 3.05) is 31.1 Å². The lowest BCUT2D eigenvalue weighted by Crippen LogP contribution is -2.43. The first-order valence-corrected chi connectivity index (χ1v) is 6.88. The first-order chi connectivity index (χ1) is 7.84. The van der Waals surface area contributed by atoms with Gasteiger partial charge in [0.25, 0.3) is 4.74 Å². The van der Waals surface area contributed by atoms with Crippen molar-refractivity contribution < 1.29 is 0 Å². The zero-order chi connectivity index (χ0) is 11.0. The average molecular weight is 253 g/mol. The van der Waals surface area contributed by atoms with E-state index < -0.39 is 0 Å². The van der Waals surface area contributed by atoms with E-state index in [0.717, 1.165) is 41.5 Å². The highest BCUT2D eigenvalue weighted by Crippen LogP contribution is 2.22. The maximum Gasteiger partial charge on any atom is 0.255 e. The zero-order valence-electron chi connectivity index (χ0n) is 8.60. The number of hydrogen-bond acceptors (Lipinski definition) is 6. The number of thiophene rings is 1. The molecule has 16 heavy (non-hydrogen) atoms. The van der Waals surface area contributed by atoms with Crippen molar-refractivity contribution in [3.05, 3.63) is 21.0 Å². The van der Waals surface area contributed by atoms with Crippen LogP contribution in [0.5, 0.6) is 0 Å². The van der Waals surface area contributed by atoms with E-state index in [-0.39, 0.29) is 4.74 Å². The van der Waals surface area contributed by atoms with E-state index in [1.807, 2.05) is 11.4 Å². The summed E-state index contributed by atoms with van der Waals surface area (Å²) in [5.74, 6) is 0. The van der Waals surface area contributed by atoms with E-state index >= 15 is 0 Å². The van der Waals surface area contributed by atoms with E-state index in [1.165, 1.54) is 22.7 Å². The minimum Gasteiger partial charge on any atom is -0.345 e. The molecular formula is C10H11N3OS2. The SMILES string of the molecule is O=c1sc(N2CCNCC2)nc2ccsc12. The Kier molecular flexibility index (Phi) is 2.62. The van der Waals surface area contributed by atoms with Gasteiger partial charge in [-0.15, -0.1) is 11.3 Å². The molecule has 2 aromatic rings. The molecule has 6 heteroatoms. The number of fused-ring (bicyclic) bond motifs is 1. The molecule has 1 aliphatic heterocycles. The molecule has 0 amide bonds. The second-order valence-electron chi connectivity index (χ2n) is 3.66. The lowest BCUT2D eigenvalue weighted by molar-refractivity contribution is 0.588. The molecule has 3 rings (SSSR count). The molecule has 0 unspecified atom stereocenters. The number of nitrogens with zero attached hydrogens (tertiary/aromatic N) is 2. The Hall–Kier alpha value is -0.980. The van der Waals surface area contributed by atoms with E-state index in [1.54, 1.807) is 0 Å². The number of anilines is 1. The van der Waals surface area contributed by atoms with Crippen LogP contribution in [0.15, 0.2) is 16.2 Å². The monoisotopic (exact) mass is 253 g/mol. The fourth-order valence-corrected chi connectivity index (χ4v) is 3.54. The summed E-state index contributed by atoms with van der Waals surface area (Å²) in [6.07, 6.45) is 0. The van der Waals surface area contributed by atoms with Crippen LogP contribution in [0.2, 0.25) is 0 Å². The summed E-state index contributed by atoms with van der Waals surface area (Å²) in [4.78, 5) is 18.6. The van der Waals surface area contributed by atoms with Gasteiger partial charge in [0, 0.05) is 26.2 Å². The molecule has 0 spiro atoms. The highest BCUT2D eigenvalue weighted by molar-refractivity contribution is 7.21. The quantitative estimate of drug-likeness (QED) is 0.827. The third-order valence-electron chi connectivity index (χ3n) is 2.62. The Morgan fingerprint density at radius 3 is 3.00 bits per heavy atom.